The fourth-order valence-corrected chi connectivity index (χ4v) is 2.12. The van der Waals surface area contributed by atoms with E-state index in [9.17, 15) is 4.79 Å². The molecule has 0 radical (unpaired) electrons. The fraction of sp³-hybridized carbons (Fsp3) is 0.500. The van der Waals surface area contributed by atoms with Crippen molar-refractivity contribution >= 4 is 5.97 Å². The summed E-state index contributed by atoms with van der Waals surface area (Å²) in [6.45, 7) is 5.66. The van der Waals surface area contributed by atoms with E-state index in [1.165, 1.54) is 11.1 Å². The lowest BCUT2D eigenvalue weighted by molar-refractivity contribution is -0.143. The van der Waals surface area contributed by atoms with Crippen molar-refractivity contribution in [1.29, 1.82) is 0 Å². The molecule has 0 aliphatic rings. The lowest BCUT2D eigenvalue weighted by Crippen LogP contribution is -2.46. The summed E-state index contributed by atoms with van der Waals surface area (Å²) in [7, 11) is 0. The van der Waals surface area contributed by atoms with E-state index in [1.807, 2.05) is 13.0 Å². The standard InChI is InChI=1S/C14H21NO2/c1-10-5-4-6-12(7-10)8-11(2)9-14(3,15)13(16)17/h4-7,11H,8-9,15H2,1-3H3,(H,16,17). The maximum atomic E-state index is 10.9. The van der Waals surface area contributed by atoms with Crippen LogP contribution in [-0.4, -0.2) is 16.6 Å². The Kier molecular flexibility index (Phi) is 4.29. The van der Waals surface area contributed by atoms with E-state index in [-0.39, 0.29) is 5.92 Å². The van der Waals surface area contributed by atoms with E-state index in [0.29, 0.717) is 6.42 Å². The topological polar surface area (TPSA) is 63.3 Å². The smallest absolute Gasteiger partial charge is 0.323 e. The number of carbonyl (C=O) groups is 1. The lowest BCUT2D eigenvalue weighted by Gasteiger charge is -2.23. The molecule has 0 spiro atoms. The van der Waals surface area contributed by atoms with Gasteiger partial charge in [-0.2, -0.15) is 0 Å². The van der Waals surface area contributed by atoms with Crippen LogP contribution in [0.1, 0.15) is 31.4 Å². The molecule has 1 aromatic carbocycles. The number of nitrogens with two attached hydrogens (primary N) is 1. The summed E-state index contributed by atoms with van der Waals surface area (Å²) < 4.78 is 0. The largest absolute Gasteiger partial charge is 0.480 e. The highest BCUT2D eigenvalue weighted by Gasteiger charge is 2.29. The third-order valence-electron chi connectivity index (χ3n) is 2.93. The number of aryl methyl sites for hydroxylation is 1. The second-order valence-electron chi connectivity index (χ2n) is 5.23. The Labute approximate surface area is 103 Å². The molecule has 0 saturated heterocycles. The molecule has 3 N–H and O–H groups in total. The van der Waals surface area contributed by atoms with Crippen LogP contribution in [0.25, 0.3) is 0 Å². The molecule has 1 rings (SSSR count). The quantitative estimate of drug-likeness (QED) is 0.823. The van der Waals surface area contributed by atoms with Crippen LogP contribution in [0.5, 0.6) is 0 Å². The molecular weight excluding hydrogens is 214 g/mol. The van der Waals surface area contributed by atoms with Gasteiger partial charge in [0.25, 0.3) is 0 Å². The molecule has 0 amide bonds. The Bertz CT molecular complexity index is 399. The van der Waals surface area contributed by atoms with Gasteiger partial charge in [-0.25, -0.2) is 0 Å². The first-order valence-corrected chi connectivity index (χ1v) is 5.89. The van der Waals surface area contributed by atoms with Crippen molar-refractivity contribution in [3.63, 3.8) is 0 Å². The van der Waals surface area contributed by atoms with Crippen LogP contribution in [0, 0.1) is 12.8 Å². The number of benzene rings is 1. The minimum atomic E-state index is -1.14. The summed E-state index contributed by atoms with van der Waals surface area (Å²) >= 11 is 0. The number of aliphatic carboxylic acids is 1. The average Bonchev–Trinajstić information content (AvgIpc) is 2.15. The zero-order chi connectivity index (χ0) is 13.1. The predicted molar refractivity (Wildman–Crippen MR) is 68.9 cm³/mol. The van der Waals surface area contributed by atoms with Crippen LogP contribution in [0.2, 0.25) is 0 Å². The minimum Gasteiger partial charge on any atom is -0.480 e. The molecular formula is C14H21NO2. The highest BCUT2D eigenvalue weighted by molar-refractivity contribution is 5.77. The van der Waals surface area contributed by atoms with Gasteiger partial charge in [0, 0.05) is 0 Å². The molecule has 0 aliphatic carbocycles. The van der Waals surface area contributed by atoms with E-state index in [1.54, 1.807) is 6.92 Å². The van der Waals surface area contributed by atoms with E-state index in [4.69, 9.17) is 10.8 Å². The summed E-state index contributed by atoms with van der Waals surface area (Å²) in [5, 5.41) is 8.98. The van der Waals surface area contributed by atoms with Gasteiger partial charge in [-0.3, -0.25) is 4.79 Å². The molecule has 0 heterocycles. The van der Waals surface area contributed by atoms with Gasteiger partial charge in [-0.15, -0.1) is 0 Å². The molecule has 2 atom stereocenters. The lowest BCUT2D eigenvalue weighted by atomic mass is 9.87. The van der Waals surface area contributed by atoms with Crippen molar-refractivity contribution < 1.29 is 9.90 Å². The van der Waals surface area contributed by atoms with Gasteiger partial charge in [0.15, 0.2) is 0 Å². The number of carboxylic acid groups (broad SMARTS) is 1. The van der Waals surface area contributed by atoms with Crippen molar-refractivity contribution in [3.05, 3.63) is 35.4 Å². The molecule has 1 aromatic rings. The van der Waals surface area contributed by atoms with Crippen molar-refractivity contribution in [2.24, 2.45) is 11.7 Å². The molecule has 0 aliphatic heterocycles. The first-order chi connectivity index (χ1) is 7.81. The highest BCUT2D eigenvalue weighted by atomic mass is 16.4. The van der Waals surface area contributed by atoms with Crippen molar-refractivity contribution in [3.8, 4) is 0 Å². The second-order valence-corrected chi connectivity index (χ2v) is 5.23. The minimum absolute atomic E-state index is 0.253. The van der Waals surface area contributed by atoms with Crippen molar-refractivity contribution in [2.45, 2.75) is 39.2 Å². The molecule has 0 saturated carbocycles. The molecule has 3 heteroatoms. The SMILES string of the molecule is Cc1cccc(CC(C)CC(C)(N)C(=O)O)c1. The van der Waals surface area contributed by atoms with Gasteiger partial charge in [-0.05, 0) is 38.2 Å². The first-order valence-electron chi connectivity index (χ1n) is 5.89. The maximum Gasteiger partial charge on any atom is 0.323 e. The zero-order valence-corrected chi connectivity index (χ0v) is 10.7. The van der Waals surface area contributed by atoms with E-state index in [0.717, 1.165) is 6.42 Å². The average molecular weight is 235 g/mol. The van der Waals surface area contributed by atoms with Crippen LogP contribution in [0.3, 0.4) is 0 Å². The van der Waals surface area contributed by atoms with Gasteiger partial charge in [0.1, 0.15) is 5.54 Å². The van der Waals surface area contributed by atoms with Crippen molar-refractivity contribution in [1.82, 2.24) is 0 Å². The Hall–Kier alpha value is -1.35. The summed E-state index contributed by atoms with van der Waals surface area (Å²) in [5.74, 6) is -0.684. The molecule has 3 nitrogen and oxygen atoms in total. The molecule has 2 unspecified atom stereocenters. The van der Waals surface area contributed by atoms with Crippen LogP contribution in [0.4, 0.5) is 0 Å². The summed E-state index contributed by atoms with van der Waals surface area (Å²) in [5.41, 5.74) is 7.07. The fourth-order valence-electron chi connectivity index (χ4n) is 2.12. The highest BCUT2D eigenvalue weighted by Crippen LogP contribution is 2.19. The molecule has 0 fully saturated rings. The summed E-state index contributed by atoms with van der Waals surface area (Å²) in [6, 6.07) is 8.28. The van der Waals surface area contributed by atoms with Crippen molar-refractivity contribution in [2.75, 3.05) is 0 Å². The molecule has 94 valence electrons. The van der Waals surface area contributed by atoms with E-state index >= 15 is 0 Å². The van der Waals surface area contributed by atoms with Gasteiger partial charge < -0.3 is 10.8 Å². The first kappa shape index (κ1) is 13.7. The summed E-state index contributed by atoms with van der Waals surface area (Å²) in [6.07, 6.45) is 1.35. The van der Waals surface area contributed by atoms with E-state index < -0.39 is 11.5 Å². The maximum absolute atomic E-state index is 10.9. The van der Waals surface area contributed by atoms with Gasteiger partial charge in [-0.1, -0.05) is 36.8 Å². The monoisotopic (exact) mass is 235 g/mol. The number of hydrogen-bond acceptors (Lipinski definition) is 2. The van der Waals surface area contributed by atoms with Gasteiger partial charge >= 0.3 is 5.97 Å². The van der Waals surface area contributed by atoms with Crippen LogP contribution in [-0.2, 0) is 11.2 Å². The predicted octanol–water partition coefficient (Wildman–Crippen LogP) is 2.37. The third kappa shape index (κ3) is 4.19. The van der Waals surface area contributed by atoms with Crippen LogP contribution < -0.4 is 5.73 Å². The number of hydrogen-bond donors (Lipinski definition) is 2. The molecule has 0 aromatic heterocycles. The number of rotatable bonds is 5. The molecule has 0 bridgehead atoms. The van der Waals surface area contributed by atoms with Crippen LogP contribution in [0.15, 0.2) is 24.3 Å². The second kappa shape index (κ2) is 5.32. The van der Waals surface area contributed by atoms with Gasteiger partial charge in [0.05, 0.1) is 0 Å². The van der Waals surface area contributed by atoms with E-state index in [2.05, 4.69) is 25.1 Å². The summed E-state index contributed by atoms with van der Waals surface area (Å²) in [4.78, 5) is 10.9. The Balaban J connectivity index is 2.61. The van der Waals surface area contributed by atoms with Crippen LogP contribution >= 0.6 is 0 Å². The Morgan fingerprint density at radius 2 is 2.18 bits per heavy atom. The Morgan fingerprint density at radius 3 is 2.71 bits per heavy atom. The third-order valence-corrected chi connectivity index (χ3v) is 2.93. The van der Waals surface area contributed by atoms with Gasteiger partial charge in [0.2, 0.25) is 0 Å². The zero-order valence-electron chi connectivity index (χ0n) is 10.7. The number of carboxylic acids is 1. The normalized spacial score (nSPS) is 16.2. The molecule has 17 heavy (non-hydrogen) atoms. The Morgan fingerprint density at radius 1 is 1.53 bits per heavy atom.